The number of aryl methyl sites for hydroxylation is 1. The van der Waals surface area contributed by atoms with E-state index in [4.69, 9.17) is 0 Å². The Kier molecular flexibility index (Phi) is 5.68. The molecule has 0 radical (unpaired) electrons. The first kappa shape index (κ1) is 17.7. The van der Waals surface area contributed by atoms with Crippen molar-refractivity contribution < 1.29 is 4.79 Å². The van der Waals surface area contributed by atoms with Crippen molar-refractivity contribution in [2.45, 2.75) is 19.9 Å². The summed E-state index contributed by atoms with van der Waals surface area (Å²) in [4.78, 5) is 26.8. The van der Waals surface area contributed by atoms with E-state index in [0.717, 1.165) is 11.4 Å². The van der Waals surface area contributed by atoms with Gasteiger partial charge in [-0.05, 0) is 12.0 Å². The Morgan fingerprint density at radius 2 is 1.92 bits per heavy atom. The van der Waals surface area contributed by atoms with Crippen LogP contribution in [-0.4, -0.2) is 39.5 Å². The normalized spacial score (nSPS) is 12.6. The van der Waals surface area contributed by atoms with Crippen molar-refractivity contribution in [3.8, 4) is 0 Å². The van der Waals surface area contributed by atoms with Gasteiger partial charge in [0.15, 0.2) is 0 Å². The Balaban J connectivity index is 2.04. The van der Waals surface area contributed by atoms with Crippen LogP contribution in [0.3, 0.4) is 0 Å². The predicted octanol–water partition coefficient (Wildman–Crippen LogP) is 1.80. The lowest BCUT2D eigenvalue weighted by Gasteiger charge is -2.21. The van der Waals surface area contributed by atoms with Gasteiger partial charge in [-0.2, -0.15) is 0 Å². The lowest BCUT2D eigenvalue weighted by molar-refractivity contribution is -0.117. The summed E-state index contributed by atoms with van der Waals surface area (Å²) in [7, 11) is 5.67. The maximum Gasteiger partial charge on any atom is 0.244 e. The smallest absolute Gasteiger partial charge is 0.244 e. The fraction of sp³-hybridized carbons (Fsp3) is 0.412. The molecule has 1 N–H and O–H groups in total. The van der Waals surface area contributed by atoms with E-state index in [9.17, 15) is 4.79 Å². The second-order valence-corrected chi connectivity index (χ2v) is 6.17. The summed E-state index contributed by atoms with van der Waals surface area (Å²) in [6, 6.07) is -0.144. The molecule has 1 unspecified atom stereocenters. The highest BCUT2D eigenvalue weighted by atomic mass is 16.1. The van der Waals surface area contributed by atoms with Gasteiger partial charge in [-0.15, -0.1) is 0 Å². The molecular weight excluding hydrogens is 304 g/mol. The highest BCUT2D eigenvalue weighted by Crippen LogP contribution is 2.19. The molecule has 1 amide bonds. The standard InChI is InChI=1S/C17H24N6O/c1-12(2)15(16-18-8-9-23(16)5)21-14(24)7-6-13-10-19-17(20-11-13)22(3)4/h6-12,15H,1-5H3,(H,21,24)/b7-6+. The molecule has 2 aromatic rings. The molecule has 0 saturated carbocycles. The van der Waals surface area contributed by atoms with Gasteiger partial charge >= 0.3 is 0 Å². The second-order valence-electron chi connectivity index (χ2n) is 6.17. The first-order valence-corrected chi connectivity index (χ1v) is 7.83. The van der Waals surface area contributed by atoms with Crippen molar-refractivity contribution in [3.63, 3.8) is 0 Å². The molecule has 2 heterocycles. The maximum atomic E-state index is 12.2. The molecule has 0 aliphatic rings. The van der Waals surface area contributed by atoms with Gasteiger partial charge in [0, 0.05) is 57.6 Å². The fourth-order valence-electron chi connectivity index (χ4n) is 2.23. The van der Waals surface area contributed by atoms with Crippen LogP contribution in [0.5, 0.6) is 0 Å². The van der Waals surface area contributed by atoms with Crippen molar-refractivity contribution >= 4 is 17.9 Å². The second kappa shape index (κ2) is 7.72. The number of nitrogens with zero attached hydrogens (tertiary/aromatic N) is 5. The van der Waals surface area contributed by atoms with E-state index in [-0.39, 0.29) is 17.9 Å². The molecule has 0 fully saturated rings. The minimum Gasteiger partial charge on any atom is -0.347 e. The topological polar surface area (TPSA) is 75.9 Å². The Labute approximate surface area is 142 Å². The quantitative estimate of drug-likeness (QED) is 0.818. The van der Waals surface area contributed by atoms with E-state index in [1.807, 2.05) is 36.8 Å². The number of nitrogens with one attached hydrogen (secondary N) is 1. The van der Waals surface area contributed by atoms with E-state index >= 15 is 0 Å². The molecule has 24 heavy (non-hydrogen) atoms. The zero-order chi connectivity index (χ0) is 17.7. The van der Waals surface area contributed by atoms with Crippen LogP contribution < -0.4 is 10.2 Å². The lowest BCUT2D eigenvalue weighted by atomic mass is 10.0. The Hall–Kier alpha value is -2.70. The van der Waals surface area contributed by atoms with Gasteiger partial charge in [-0.3, -0.25) is 4.79 Å². The summed E-state index contributed by atoms with van der Waals surface area (Å²) in [5.41, 5.74) is 0.772. The van der Waals surface area contributed by atoms with Crippen LogP contribution in [0.15, 0.2) is 30.9 Å². The molecule has 0 aliphatic heterocycles. The van der Waals surface area contributed by atoms with Crippen LogP contribution in [0.25, 0.3) is 6.08 Å². The number of amides is 1. The van der Waals surface area contributed by atoms with Crippen LogP contribution in [0.1, 0.15) is 31.3 Å². The van der Waals surface area contributed by atoms with Crippen molar-refractivity contribution in [3.05, 3.63) is 42.3 Å². The summed E-state index contributed by atoms with van der Waals surface area (Å²) in [6.07, 6.45) is 10.2. The minimum absolute atomic E-state index is 0.144. The van der Waals surface area contributed by atoms with Crippen molar-refractivity contribution in [1.29, 1.82) is 0 Å². The maximum absolute atomic E-state index is 12.2. The number of hydrogen-bond acceptors (Lipinski definition) is 5. The molecule has 0 spiro atoms. The summed E-state index contributed by atoms with van der Waals surface area (Å²) in [6.45, 7) is 4.11. The van der Waals surface area contributed by atoms with Gasteiger partial charge in [0.2, 0.25) is 11.9 Å². The largest absolute Gasteiger partial charge is 0.347 e. The number of aromatic nitrogens is 4. The Bertz CT molecular complexity index is 702. The third-order valence-electron chi connectivity index (χ3n) is 3.59. The zero-order valence-electron chi connectivity index (χ0n) is 14.8. The summed E-state index contributed by atoms with van der Waals surface area (Å²) in [5, 5.41) is 3.00. The highest BCUT2D eigenvalue weighted by Gasteiger charge is 2.20. The third kappa shape index (κ3) is 4.41. The van der Waals surface area contributed by atoms with Gasteiger partial charge in [-0.1, -0.05) is 13.8 Å². The molecule has 7 heteroatoms. The average Bonchev–Trinajstić information content (AvgIpc) is 2.96. The van der Waals surface area contributed by atoms with E-state index in [1.54, 1.807) is 24.7 Å². The zero-order valence-corrected chi connectivity index (χ0v) is 14.8. The van der Waals surface area contributed by atoms with E-state index in [0.29, 0.717) is 5.95 Å². The molecule has 0 aromatic carbocycles. The van der Waals surface area contributed by atoms with Crippen LogP contribution in [0.4, 0.5) is 5.95 Å². The number of carbonyl (C=O) groups is 1. The number of anilines is 1. The molecule has 2 aromatic heterocycles. The van der Waals surface area contributed by atoms with Gasteiger partial charge < -0.3 is 14.8 Å². The molecule has 2 rings (SSSR count). The van der Waals surface area contributed by atoms with E-state index in [1.165, 1.54) is 6.08 Å². The summed E-state index contributed by atoms with van der Waals surface area (Å²) in [5.74, 6) is 1.52. The average molecular weight is 328 g/mol. The van der Waals surface area contributed by atoms with Gasteiger partial charge in [-0.25, -0.2) is 15.0 Å². The van der Waals surface area contributed by atoms with Crippen molar-refractivity contribution in [2.75, 3.05) is 19.0 Å². The van der Waals surface area contributed by atoms with E-state index in [2.05, 4.69) is 34.1 Å². The Morgan fingerprint density at radius 3 is 2.42 bits per heavy atom. The van der Waals surface area contributed by atoms with Gasteiger partial charge in [0.25, 0.3) is 0 Å². The van der Waals surface area contributed by atoms with Crippen LogP contribution in [0.2, 0.25) is 0 Å². The minimum atomic E-state index is -0.173. The monoisotopic (exact) mass is 328 g/mol. The molecule has 0 saturated heterocycles. The van der Waals surface area contributed by atoms with Crippen LogP contribution in [0, 0.1) is 5.92 Å². The number of rotatable bonds is 6. The predicted molar refractivity (Wildman–Crippen MR) is 94.3 cm³/mol. The molecule has 7 nitrogen and oxygen atoms in total. The van der Waals surface area contributed by atoms with Crippen molar-refractivity contribution in [1.82, 2.24) is 24.8 Å². The lowest BCUT2D eigenvalue weighted by Crippen LogP contribution is -2.32. The van der Waals surface area contributed by atoms with Gasteiger partial charge in [0.1, 0.15) is 5.82 Å². The van der Waals surface area contributed by atoms with Gasteiger partial charge in [0.05, 0.1) is 6.04 Å². The molecule has 0 aliphatic carbocycles. The third-order valence-corrected chi connectivity index (χ3v) is 3.59. The summed E-state index contributed by atoms with van der Waals surface area (Å²) < 4.78 is 1.92. The highest BCUT2D eigenvalue weighted by molar-refractivity contribution is 5.91. The van der Waals surface area contributed by atoms with Crippen LogP contribution >= 0.6 is 0 Å². The molecule has 0 bridgehead atoms. The Morgan fingerprint density at radius 1 is 1.25 bits per heavy atom. The number of imidazole rings is 1. The molecule has 128 valence electrons. The van der Waals surface area contributed by atoms with Crippen LogP contribution in [-0.2, 0) is 11.8 Å². The van der Waals surface area contributed by atoms with E-state index < -0.39 is 0 Å². The number of hydrogen-bond donors (Lipinski definition) is 1. The number of carbonyl (C=O) groups excluding carboxylic acids is 1. The molecule has 1 atom stereocenters. The first-order valence-electron chi connectivity index (χ1n) is 7.83. The van der Waals surface area contributed by atoms with Crippen molar-refractivity contribution in [2.24, 2.45) is 13.0 Å². The SMILES string of the molecule is CC(C)C(NC(=O)/C=C/c1cnc(N(C)C)nc1)c1nccn1C. The first-order chi connectivity index (χ1) is 11.4. The fourth-order valence-corrected chi connectivity index (χ4v) is 2.23. The summed E-state index contributed by atoms with van der Waals surface area (Å²) >= 11 is 0. The molecular formula is C17H24N6O.